The summed E-state index contributed by atoms with van der Waals surface area (Å²) in [4.78, 5) is 28.4. The zero-order chi connectivity index (χ0) is 29.6. The number of hydrogen-bond donors (Lipinski definition) is 1. The van der Waals surface area contributed by atoms with Crippen LogP contribution < -0.4 is 9.64 Å². The molecule has 7 nitrogen and oxygen atoms in total. The lowest BCUT2D eigenvalue weighted by Crippen LogP contribution is -2.29. The Labute approximate surface area is 262 Å². The van der Waals surface area contributed by atoms with Gasteiger partial charge in [-0.05, 0) is 60.0 Å². The van der Waals surface area contributed by atoms with Crippen molar-refractivity contribution in [2.45, 2.75) is 42.3 Å². The predicted molar refractivity (Wildman–Crippen MR) is 169 cm³/mol. The SMILES string of the molecule is CCCCCOc1cccc(C2C(=C(O)c3ccc(Cl)cc3)C(=O)C(=O)N2c2nnc(SCc3ccccc3Cl)s2)c1. The van der Waals surface area contributed by atoms with E-state index in [1.54, 1.807) is 42.5 Å². The van der Waals surface area contributed by atoms with Crippen molar-refractivity contribution in [1.82, 2.24) is 10.2 Å². The zero-order valence-corrected chi connectivity index (χ0v) is 25.8. The number of Topliss-reactive ketones (excluding diaryl/α,β-unsaturated/α-hetero) is 1. The molecule has 0 saturated carbocycles. The van der Waals surface area contributed by atoms with Crippen molar-refractivity contribution in [3.63, 3.8) is 0 Å². The number of unbranched alkanes of at least 4 members (excludes halogenated alkanes) is 2. The largest absolute Gasteiger partial charge is 0.507 e. The number of ether oxygens (including phenoxy) is 1. The quantitative estimate of drug-likeness (QED) is 0.0440. The molecule has 2 heterocycles. The average molecular weight is 641 g/mol. The third kappa shape index (κ3) is 6.65. The van der Waals surface area contributed by atoms with Gasteiger partial charge in [0.25, 0.3) is 5.78 Å². The molecule has 1 aromatic heterocycles. The molecule has 3 aromatic carbocycles. The number of carbonyl (C=O) groups excluding carboxylic acids is 2. The third-order valence-corrected chi connectivity index (χ3v) is 9.39. The van der Waals surface area contributed by atoms with Gasteiger partial charge in [-0.2, -0.15) is 0 Å². The van der Waals surface area contributed by atoms with Gasteiger partial charge in [0.05, 0.1) is 18.2 Å². The molecule has 0 aliphatic carbocycles. The molecule has 1 aliphatic rings. The van der Waals surface area contributed by atoms with Crippen LogP contribution in [0.25, 0.3) is 5.76 Å². The molecule has 0 radical (unpaired) electrons. The number of benzene rings is 3. The van der Waals surface area contributed by atoms with Gasteiger partial charge in [0.15, 0.2) is 4.34 Å². The molecule has 4 aromatic rings. The molecule has 1 fully saturated rings. The van der Waals surface area contributed by atoms with Gasteiger partial charge in [0.1, 0.15) is 11.5 Å². The van der Waals surface area contributed by atoms with E-state index in [1.165, 1.54) is 28.0 Å². The first-order valence-corrected chi connectivity index (χ1v) is 15.9. The number of ketones is 1. The molecule has 216 valence electrons. The number of halogens is 2. The van der Waals surface area contributed by atoms with Gasteiger partial charge in [-0.25, -0.2) is 0 Å². The highest BCUT2D eigenvalue weighted by molar-refractivity contribution is 8.00. The van der Waals surface area contributed by atoms with Gasteiger partial charge < -0.3 is 9.84 Å². The topological polar surface area (TPSA) is 92.6 Å². The summed E-state index contributed by atoms with van der Waals surface area (Å²) in [5, 5.41) is 21.3. The first-order chi connectivity index (χ1) is 20.4. The molecule has 1 atom stereocenters. The minimum atomic E-state index is -0.950. The molecule has 11 heteroatoms. The lowest BCUT2D eigenvalue weighted by atomic mass is 9.95. The number of nitrogens with zero attached hydrogens (tertiary/aromatic N) is 3. The summed E-state index contributed by atoms with van der Waals surface area (Å²) in [6, 6.07) is 20.2. The summed E-state index contributed by atoms with van der Waals surface area (Å²) in [5.41, 5.74) is 1.85. The van der Waals surface area contributed by atoms with Crippen LogP contribution in [0.5, 0.6) is 5.75 Å². The summed E-state index contributed by atoms with van der Waals surface area (Å²) in [6.45, 7) is 2.67. The molecule has 42 heavy (non-hydrogen) atoms. The average Bonchev–Trinajstić information content (AvgIpc) is 3.57. The number of rotatable bonds is 11. The molecule has 1 N–H and O–H groups in total. The Morgan fingerprint density at radius 1 is 1.02 bits per heavy atom. The standard InChI is InChI=1S/C31H27Cl2N3O4S2/c1-2-3-6-16-40-23-10-7-9-20(17-23)26-25(27(37)19-12-14-22(32)15-13-19)28(38)29(39)36(26)30-34-35-31(42-30)41-18-21-8-4-5-11-24(21)33/h4-5,7-15,17,26,37H,2-3,6,16,18H2,1H3. The van der Waals surface area contributed by atoms with Crippen molar-refractivity contribution in [2.24, 2.45) is 0 Å². The summed E-state index contributed by atoms with van der Waals surface area (Å²) < 4.78 is 6.57. The van der Waals surface area contributed by atoms with E-state index in [0.717, 1.165) is 24.8 Å². The van der Waals surface area contributed by atoms with Crippen LogP contribution >= 0.6 is 46.3 Å². The first-order valence-electron chi connectivity index (χ1n) is 13.4. The second-order valence-corrected chi connectivity index (χ2v) is 12.6. The summed E-state index contributed by atoms with van der Waals surface area (Å²) in [5.74, 6) is -0.755. The number of hydrogen-bond acceptors (Lipinski definition) is 8. The van der Waals surface area contributed by atoms with Crippen molar-refractivity contribution < 1.29 is 19.4 Å². The van der Waals surface area contributed by atoms with Gasteiger partial charge in [0.2, 0.25) is 5.13 Å². The number of carbonyl (C=O) groups is 2. The van der Waals surface area contributed by atoms with Gasteiger partial charge in [-0.1, -0.05) is 96.4 Å². The number of aliphatic hydroxyl groups excluding tert-OH is 1. The van der Waals surface area contributed by atoms with Crippen molar-refractivity contribution in [2.75, 3.05) is 11.5 Å². The van der Waals surface area contributed by atoms with Crippen LogP contribution in [0.3, 0.4) is 0 Å². The number of aromatic nitrogens is 2. The van der Waals surface area contributed by atoms with Crippen LogP contribution in [0.2, 0.25) is 10.0 Å². The van der Waals surface area contributed by atoms with E-state index in [4.69, 9.17) is 27.9 Å². The fourth-order valence-corrected chi connectivity index (χ4v) is 6.82. The summed E-state index contributed by atoms with van der Waals surface area (Å²) >= 11 is 15.0. The highest BCUT2D eigenvalue weighted by atomic mass is 35.5. The fraction of sp³-hybridized carbons (Fsp3) is 0.226. The van der Waals surface area contributed by atoms with E-state index < -0.39 is 17.7 Å². The Balaban J connectivity index is 1.52. The van der Waals surface area contributed by atoms with Crippen LogP contribution in [0, 0.1) is 0 Å². The number of anilines is 1. The zero-order valence-electron chi connectivity index (χ0n) is 22.6. The van der Waals surface area contributed by atoms with Crippen molar-refractivity contribution in [3.05, 3.63) is 105 Å². The second kappa shape index (κ2) is 13.7. The highest BCUT2D eigenvalue weighted by Gasteiger charge is 2.48. The molecule has 1 unspecified atom stereocenters. The molecule has 1 amide bonds. The van der Waals surface area contributed by atoms with E-state index in [9.17, 15) is 14.7 Å². The van der Waals surface area contributed by atoms with E-state index in [2.05, 4.69) is 17.1 Å². The van der Waals surface area contributed by atoms with Gasteiger partial charge in [0, 0.05) is 21.4 Å². The maximum Gasteiger partial charge on any atom is 0.301 e. The first kappa shape index (κ1) is 30.1. The van der Waals surface area contributed by atoms with Crippen LogP contribution in [-0.4, -0.2) is 33.6 Å². The molecule has 1 saturated heterocycles. The smallest absolute Gasteiger partial charge is 0.301 e. The minimum absolute atomic E-state index is 0.0501. The Kier molecular flexibility index (Phi) is 9.84. The Bertz CT molecular complexity index is 1620. The van der Waals surface area contributed by atoms with E-state index >= 15 is 0 Å². The monoisotopic (exact) mass is 639 g/mol. The lowest BCUT2D eigenvalue weighted by Gasteiger charge is -2.23. The van der Waals surface area contributed by atoms with E-state index in [0.29, 0.717) is 43.6 Å². The molecule has 5 rings (SSSR count). The van der Waals surface area contributed by atoms with Gasteiger partial charge >= 0.3 is 5.91 Å². The summed E-state index contributed by atoms with van der Waals surface area (Å²) in [6.07, 6.45) is 3.04. The van der Waals surface area contributed by atoms with Crippen molar-refractivity contribution in [1.29, 1.82) is 0 Å². The van der Waals surface area contributed by atoms with Crippen LogP contribution in [0.4, 0.5) is 5.13 Å². The van der Waals surface area contributed by atoms with Gasteiger partial charge in [-0.3, -0.25) is 14.5 Å². The van der Waals surface area contributed by atoms with Gasteiger partial charge in [-0.15, -0.1) is 10.2 Å². The van der Waals surface area contributed by atoms with Crippen molar-refractivity contribution in [3.8, 4) is 5.75 Å². The second-order valence-electron chi connectivity index (χ2n) is 9.53. The Morgan fingerprint density at radius 3 is 2.57 bits per heavy atom. The molecule has 0 bridgehead atoms. The minimum Gasteiger partial charge on any atom is -0.507 e. The lowest BCUT2D eigenvalue weighted by molar-refractivity contribution is -0.132. The normalized spacial score (nSPS) is 16.3. The molecule has 1 aliphatic heterocycles. The maximum atomic E-state index is 13.5. The third-order valence-electron chi connectivity index (χ3n) is 6.66. The highest BCUT2D eigenvalue weighted by Crippen LogP contribution is 2.44. The summed E-state index contributed by atoms with van der Waals surface area (Å²) in [7, 11) is 0. The number of aliphatic hydroxyl groups is 1. The predicted octanol–water partition coefficient (Wildman–Crippen LogP) is 8.33. The molecular weight excluding hydrogens is 613 g/mol. The van der Waals surface area contributed by atoms with Crippen LogP contribution in [0.15, 0.2) is 82.7 Å². The van der Waals surface area contributed by atoms with Crippen molar-refractivity contribution >= 4 is 68.9 Å². The molecule has 0 spiro atoms. The Hall–Kier alpha value is -3.37. The maximum absolute atomic E-state index is 13.5. The Morgan fingerprint density at radius 2 is 1.81 bits per heavy atom. The van der Waals surface area contributed by atoms with E-state index in [-0.39, 0.29) is 16.5 Å². The number of amides is 1. The van der Waals surface area contributed by atoms with Crippen LogP contribution in [0.1, 0.15) is 48.9 Å². The van der Waals surface area contributed by atoms with E-state index in [1.807, 2.05) is 30.3 Å². The van der Waals surface area contributed by atoms with Crippen LogP contribution in [-0.2, 0) is 15.3 Å². The molecular formula is C31H27Cl2N3O4S2. The number of thioether (sulfide) groups is 1. The fourth-order valence-electron chi connectivity index (χ4n) is 4.54.